The van der Waals surface area contributed by atoms with Crippen molar-refractivity contribution in [2.45, 2.75) is 62.8 Å². The first kappa shape index (κ1) is 18.4. The van der Waals surface area contributed by atoms with E-state index >= 15 is 0 Å². The van der Waals surface area contributed by atoms with E-state index in [0.717, 1.165) is 25.7 Å². The first-order valence-corrected chi connectivity index (χ1v) is 10.7. The Morgan fingerprint density at radius 1 is 1.17 bits per heavy atom. The van der Waals surface area contributed by atoms with E-state index in [1.54, 1.807) is 16.5 Å². The summed E-state index contributed by atoms with van der Waals surface area (Å²) in [6.45, 7) is 1.10. The lowest BCUT2D eigenvalue weighted by atomic mass is 9.75. The van der Waals surface area contributed by atoms with Crippen LogP contribution in [0.4, 0.5) is 0 Å². The minimum Gasteiger partial charge on any atom is -0.501 e. The number of benzene rings is 1. The zero-order valence-corrected chi connectivity index (χ0v) is 16.9. The van der Waals surface area contributed by atoms with Crippen LogP contribution >= 0.6 is 0 Å². The third kappa shape index (κ3) is 3.05. The monoisotopic (exact) mass is 393 g/mol. The summed E-state index contributed by atoms with van der Waals surface area (Å²) >= 11 is 0. The van der Waals surface area contributed by atoms with E-state index in [9.17, 15) is 14.7 Å². The first-order valence-electron chi connectivity index (χ1n) is 10.7. The van der Waals surface area contributed by atoms with Gasteiger partial charge < -0.3 is 14.6 Å². The van der Waals surface area contributed by atoms with E-state index in [1.807, 2.05) is 0 Å². The predicted octanol–water partition coefficient (Wildman–Crippen LogP) is 2.97. The molecule has 0 radical (unpaired) electrons. The van der Waals surface area contributed by atoms with Gasteiger partial charge in [-0.1, -0.05) is 37.1 Å². The van der Waals surface area contributed by atoms with E-state index in [0.29, 0.717) is 31.3 Å². The quantitative estimate of drug-likeness (QED) is 0.867. The van der Waals surface area contributed by atoms with Gasteiger partial charge in [0.25, 0.3) is 5.91 Å². The Bertz CT molecular complexity index is 1030. The van der Waals surface area contributed by atoms with Gasteiger partial charge >= 0.3 is 5.56 Å². The number of carbonyl (C=O) groups excluding carboxylic acids is 1. The molecule has 6 nitrogen and oxygen atoms in total. The molecule has 6 heteroatoms. The number of aromatic nitrogens is 2. The first-order chi connectivity index (χ1) is 14.0. The van der Waals surface area contributed by atoms with Crippen LogP contribution in [0, 0.1) is 0 Å². The normalized spacial score (nSPS) is 20.7. The maximum Gasteiger partial charge on any atom is 0.315 e. The molecule has 1 aliphatic heterocycles. The summed E-state index contributed by atoms with van der Waals surface area (Å²) in [5.74, 6) is 0.485. The smallest absolute Gasteiger partial charge is 0.315 e. The third-order valence-electron chi connectivity index (χ3n) is 7.05. The molecular weight excluding hydrogens is 366 g/mol. The Morgan fingerprint density at radius 2 is 1.93 bits per heavy atom. The van der Waals surface area contributed by atoms with Crippen LogP contribution in [0.15, 0.2) is 29.1 Å². The van der Waals surface area contributed by atoms with Crippen LogP contribution in [-0.4, -0.2) is 39.1 Å². The van der Waals surface area contributed by atoms with Crippen LogP contribution in [0.1, 0.15) is 71.9 Å². The molecule has 2 heterocycles. The maximum absolute atomic E-state index is 12.6. The van der Waals surface area contributed by atoms with Crippen molar-refractivity contribution in [1.29, 1.82) is 0 Å². The Labute approximate surface area is 170 Å². The van der Waals surface area contributed by atoms with E-state index in [4.69, 9.17) is 0 Å². The Morgan fingerprint density at radius 3 is 2.66 bits per heavy atom. The van der Waals surface area contributed by atoms with Crippen LogP contribution in [0.2, 0.25) is 0 Å². The Kier molecular flexibility index (Phi) is 4.26. The summed E-state index contributed by atoms with van der Waals surface area (Å²) in [7, 11) is 1.69. The van der Waals surface area contributed by atoms with Gasteiger partial charge in [-0.15, -0.1) is 0 Å². The number of nitrogens with zero attached hydrogens (tertiary/aromatic N) is 3. The van der Waals surface area contributed by atoms with Gasteiger partial charge in [0.1, 0.15) is 5.82 Å². The van der Waals surface area contributed by atoms with Gasteiger partial charge in [-0.05, 0) is 42.7 Å². The van der Waals surface area contributed by atoms with Gasteiger partial charge in [-0.3, -0.25) is 9.59 Å². The van der Waals surface area contributed by atoms with Crippen LogP contribution in [0.5, 0.6) is 5.75 Å². The largest absolute Gasteiger partial charge is 0.501 e. The molecule has 2 aliphatic carbocycles. The number of likely N-dealkylation sites (N-methyl/N-ethyl adjacent to an activating group) is 1. The third-order valence-corrected chi connectivity index (χ3v) is 7.05. The van der Waals surface area contributed by atoms with Crippen molar-refractivity contribution in [2.24, 2.45) is 0 Å². The number of hydrogen-bond donors (Lipinski definition) is 1. The molecule has 0 unspecified atom stereocenters. The molecule has 1 amide bonds. The number of hydrogen-bond acceptors (Lipinski definition) is 4. The molecule has 0 saturated heterocycles. The van der Waals surface area contributed by atoms with Crippen LogP contribution in [-0.2, 0) is 18.4 Å². The fourth-order valence-corrected chi connectivity index (χ4v) is 5.17. The summed E-state index contributed by atoms with van der Waals surface area (Å²) in [4.78, 5) is 30.8. The number of amides is 1. The van der Waals surface area contributed by atoms with E-state index in [-0.39, 0.29) is 17.0 Å². The van der Waals surface area contributed by atoms with Crippen molar-refractivity contribution in [2.75, 3.05) is 13.6 Å². The molecule has 2 aromatic rings. The molecule has 29 heavy (non-hydrogen) atoms. The lowest BCUT2D eigenvalue weighted by Crippen LogP contribution is -2.42. The van der Waals surface area contributed by atoms with Crippen molar-refractivity contribution in [1.82, 2.24) is 14.5 Å². The summed E-state index contributed by atoms with van der Waals surface area (Å²) in [5.41, 5.74) is 2.08. The molecule has 2 saturated carbocycles. The molecule has 0 spiro atoms. The molecule has 152 valence electrons. The average molecular weight is 393 g/mol. The van der Waals surface area contributed by atoms with Crippen molar-refractivity contribution in [3.63, 3.8) is 0 Å². The molecule has 3 aliphatic rings. The summed E-state index contributed by atoms with van der Waals surface area (Å²) in [5, 5.41) is 10.3. The highest BCUT2D eigenvalue weighted by atomic mass is 16.3. The van der Waals surface area contributed by atoms with Gasteiger partial charge in [-0.25, -0.2) is 0 Å². The fraction of sp³-hybridized carbons (Fsp3) is 0.522. The number of fused-ring (bicyclic) bond motifs is 1. The SMILES string of the molecule is CN1CCn2c(CC3(c4cccc(C5CC5)c4)CCCC3)nc(=O)c(O)c2C1=O. The molecule has 1 N–H and O–H groups in total. The van der Waals surface area contributed by atoms with Crippen molar-refractivity contribution in [3.05, 3.63) is 57.3 Å². The topological polar surface area (TPSA) is 75.4 Å². The second-order valence-electron chi connectivity index (χ2n) is 8.97. The summed E-state index contributed by atoms with van der Waals surface area (Å²) in [6.07, 6.45) is 7.60. The molecular formula is C23H27N3O3. The molecule has 0 bridgehead atoms. The maximum atomic E-state index is 12.6. The Hall–Kier alpha value is -2.63. The summed E-state index contributed by atoms with van der Waals surface area (Å²) in [6, 6.07) is 8.96. The minimum atomic E-state index is -0.699. The Balaban J connectivity index is 1.59. The lowest BCUT2D eigenvalue weighted by Gasteiger charge is -2.33. The van der Waals surface area contributed by atoms with Gasteiger partial charge in [0, 0.05) is 32.0 Å². The molecule has 5 rings (SSSR count). The zero-order chi connectivity index (χ0) is 20.2. The standard InChI is InChI=1S/C23H27N3O3/c1-25-11-12-26-18(24-21(28)20(27)19(26)22(25)29)14-23(9-2-3-10-23)17-6-4-5-16(13-17)15-7-8-15/h4-6,13,15,27H,2-3,7-12,14H2,1H3. The highest BCUT2D eigenvalue weighted by molar-refractivity contribution is 5.95. The number of rotatable bonds is 4. The van der Waals surface area contributed by atoms with Crippen molar-refractivity contribution >= 4 is 5.91 Å². The molecule has 0 atom stereocenters. The summed E-state index contributed by atoms with van der Waals surface area (Å²) < 4.78 is 1.78. The lowest BCUT2D eigenvalue weighted by molar-refractivity contribution is 0.0737. The van der Waals surface area contributed by atoms with Crippen LogP contribution in [0.3, 0.4) is 0 Å². The van der Waals surface area contributed by atoms with Crippen LogP contribution in [0.25, 0.3) is 0 Å². The van der Waals surface area contributed by atoms with E-state index in [2.05, 4.69) is 29.2 Å². The number of aromatic hydroxyl groups is 1. The molecule has 1 aromatic carbocycles. The van der Waals surface area contributed by atoms with E-state index < -0.39 is 11.3 Å². The van der Waals surface area contributed by atoms with Crippen molar-refractivity contribution in [3.8, 4) is 5.75 Å². The van der Waals surface area contributed by atoms with Crippen LogP contribution < -0.4 is 5.56 Å². The highest BCUT2D eigenvalue weighted by Gasteiger charge is 2.39. The number of carbonyl (C=O) groups is 1. The second kappa shape index (κ2) is 6.71. The highest BCUT2D eigenvalue weighted by Crippen LogP contribution is 2.46. The van der Waals surface area contributed by atoms with Gasteiger partial charge in [0.2, 0.25) is 5.75 Å². The van der Waals surface area contributed by atoms with E-state index in [1.165, 1.54) is 24.0 Å². The second-order valence-corrected chi connectivity index (χ2v) is 8.97. The molecule has 2 fully saturated rings. The predicted molar refractivity (Wildman–Crippen MR) is 109 cm³/mol. The van der Waals surface area contributed by atoms with Gasteiger partial charge in [0.05, 0.1) is 0 Å². The van der Waals surface area contributed by atoms with Gasteiger partial charge in [-0.2, -0.15) is 4.98 Å². The fourth-order valence-electron chi connectivity index (χ4n) is 5.17. The molecule has 1 aromatic heterocycles. The average Bonchev–Trinajstić information content (AvgIpc) is 3.47. The van der Waals surface area contributed by atoms with Crippen molar-refractivity contribution < 1.29 is 9.90 Å². The zero-order valence-electron chi connectivity index (χ0n) is 16.9. The minimum absolute atomic E-state index is 0.0610. The van der Waals surface area contributed by atoms with Gasteiger partial charge in [0.15, 0.2) is 5.69 Å².